The summed E-state index contributed by atoms with van der Waals surface area (Å²) in [6, 6.07) is 18.2. The molecule has 0 fully saturated rings. The Morgan fingerprint density at radius 2 is 1.56 bits per heavy atom. The quantitative estimate of drug-likeness (QED) is 0.128. The fraction of sp³-hybridized carbons (Fsp3) is 0.188. The Labute approximate surface area is 242 Å². The van der Waals surface area contributed by atoms with Crippen LogP contribution >= 0.6 is 0 Å². The predicted octanol–water partition coefficient (Wildman–Crippen LogP) is 7.87. The first-order chi connectivity index (χ1) is 20.5. The van der Waals surface area contributed by atoms with Crippen molar-refractivity contribution in [2.75, 3.05) is 6.61 Å². The summed E-state index contributed by atoms with van der Waals surface area (Å²) in [5, 5.41) is 4.22. The van der Waals surface area contributed by atoms with Crippen LogP contribution in [0.5, 0.6) is 5.75 Å². The van der Waals surface area contributed by atoms with Gasteiger partial charge in [0.2, 0.25) is 0 Å². The van der Waals surface area contributed by atoms with Crippen LogP contribution in [0.1, 0.15) is 29.2 Å². The Morgan fingerprint density at radius 1 is 0.884 bits per heavy atom. The lowest BCUT2D eigenvalue weighted by Gasteiger charge is -2.12. The minimum atomic E-state index is -4.74. The van der Waals surface area contributed by atoms with Crippen molar-refractivity contribution in [3.8, 4) is 17.0 Å². The van der Waals surface area contributed by atoms with Gasteiger partial charge in [-0.15, -0.1) is 0 Å². The van der Waals surface area contributed by atoms with E-state index < -0.39 is 46.8 Å². The van der Waals surface area contributed by atoms with Crippen molar-refractivity contribution in [2.24, 2.45) is 0 Å². The van der Waals surface area contributed by atoms with Gasteiger partial charge in [-0.3, -0.25) is 9.48 Å². The maximum atomic E-state index is 14.6. The topological polar surface area (TPSA) is 53.4 Å². The lowest BCUT2D eigenvalue weighted by Crippen LogP contribution is -2.09. The molecule has 0 bridgehead atoms. The molecule has 0 atom stereocenters. The Kier molecular flexibility index (Phi) is 8.43. The van der Waals surface area contributed by atoms with E-state index in [2.05, 4.69) is 5.10 Å². The predicted molar refractivity (Wildman–Crippen MR) is 147 cm³/mol. The number of esters is 1. The first-order valence-corrected chi connectivity index (χ1v) is 13.2. The molecule has 5 aromatic rings. The summed E-state index contributed by atoms with van der Waals surface area (Å²) in [5.41, 5.74) is 0.154. The zero-order chi connectivity index (χ0) is 30.7. The lowest BCUT2D eigenvalue weighted by molar-refractivity contribution is -0.142. The van der Waals surface area contributed by atoms with Crippen LogP contribution < -0.4 is 4.74 Å². The van der Waals surface area contributed by atoms with Gasteiger partial charge in [-0.1, -0.05) is 48.5 Å². The number of aromatic nitrogens is 2. The Balaban J connectivity index is 1.48. The summed E-state index contributed by atoms with van der Waals surface area (Å²) in [7, 11) is 0. The van der Waals surface area contributed by atoms with Crippen molar-refractivity contribution in [3.05, 3.63) is 119 Å². The molecular weight excluding hydrogens is 574 g/mol. The number of ether oxygens (including phenoxy) is 2. The monoisotopic (exact) mass is 598 g/mol. The molecule has 43 heavy (non-hydrogen) atoms. The summed E-state index contributed by atoms with van der Waals surface area (Å²) < 4.78 is 96.2. The molecule has 0 radical (unpaired) electrons. The molecule has 1 aromatic heterocycles. The summed E-state index contributed by atoms with van der Waals surface area (Å²) in [6.07, 6.45) is -4.60. The summed E-state index contributed by atoms with van der Waals surface area (Å²) in [4.78, 5) is 11.7. The number of alkyl halides is 3. The molecule has 0 saturated carbocycles. The molecule has 0 saturated heterocycles. The van der Waals surface area contributed by atoms with E-state index in [1.54, 1.807) is 55.5 Å². The Bertz CT molecular complexity index is 1760. The number of hydrogen-bond donors (Lipinski definition) is 0. The molecule has 1 heterocycles. The highest BCUT2D eigenvalue weighted by atomic mass is 19.4. The SMILES string of the molecule is CCOC(=O)Cc1ccc(COc2cccc(-c3c4cccc(C(F)(F)F)c4nn3Cc3c(F)cc(F)cc3F)c2)cc1. The fourth-order valence-electron chi connectivity index (χ4n) is 4.70. The molecule has 11 heteroatoms. The average molecular weight is 599 g/mol. The molecule has 4 aromatic carbocycles. The molecule has 0 unspecified atom stereocenters. The van der Waals surface area contributed by atoms with Crippen LogP contribution in [-0.4, -0.2) is 22.4 Å². The first-order valence-electron chi connectivity index (χ1n) is 13.2. The number of hydrogen-bond acceptors (Lipinski definition) is 4. The first kappa shape index (κ1) is 29.7. The van der Waals surface area contributed by atoms with Crippen molar-refractivity contribution in [2.45, 2.75) is 32.7 Å². The van der Waals surface area contributed by atoms with Gasteiger partial charge in [-0.05, 0) is 36.2 Å². The van der Waals surface area contributed by atoms with E-state index in [0.717, 1.165) is 21.9 Å². The van der Waals surface area contributed by atoms with Gasteiger partial charge in [0.25, 0.3) is 0 Å². The average Bonchev–Trinajstić information content (AvgIpc) is 3.32. The van der Waals surface area contributed by atoms with Crippen LogP contribution in [0.4, 0.5) is 26.3 Å². The zero-order valence-corrected chi connectivity index (χ0v) is 22.7. The molecule has 222 valence electrons. The van der Waals surface area contributed by atoms with E-state index in [1.807, 2.05) is 0 Å². The standard InChI is InChI=1S/C32H24F6N2O3/c1-2-42-29(41)13-19-9-11-20(12-10-19)18-43-23-6-3-5-21(14-23)31-24-7-4-8-26(32(36,37)38)30(24)39-40(31)17-25-27(34)15-22(33)16-28(25)35/h3-12,14-16H,2,13,17-18H2,1H3. The van der Waals surface area contributed by atoms with Gasteiger partial charge in [0, 0.05) is 28.6 Å². The van der Waals surface area contributed by atoms with Crippen molar-refractivity contribution in [1.29, 1.82) is 0 Å². The number of benzene rings is 4. The number of carbonyl (C=O) groups excluding carboxylic acids is 1. The van der Waals surface area contributed by atoms with E-state index in [4.69, 9.17) is 9.47 Å². The number of rotatable bonds is 9. The molecule has 0 aliphatic rings. The molecule has 0 aliphatic heterocycles. The third kappa shape index (κ3) is 6.66. The van der Waals surface area contributed by atoms with E-state index in [9.17, 15) is 31.1 Å². The van der Waals surface area contributed by atoms with Crippen molar-refractivity contribution >= 4 is 16.9 Å². The van der Waals surface area contributed by atoms with Crippen molar-refractivity contribution < 1.29 is 40.6 Å². The largest absolute Gasteiger partial charge is 0.489 e. The highest BCUT2D eigenvalue weighted by Gasteiger charge is 2.34. The van der Waals surface area contributed by atoms with Crippen molar-refractivity contribution in [3.63, 3.8) is 0 Å². The van der Waals surface area contributed by atoms with E-state index in [-0.39, 0.29) is 30.1 Å². The number of fused-ring (bicyclic) bond motifs is 1. The molecule has 0 spiro atoms. The number of carbonyl (C=O) groups is 1. The van der Waals surface area contributed by atoms with Crippen LogP contribution in [-0.2, 0) is 35.3 Å². The summed E-state index contributed by atoms with van der Waals surface area (Å²) in [6.45, 7) is 1.58. The van der Waals surface area contributed by atoms with Gasteiger partial charge in [0.1, 0.15) is 35.3 Å². The van der Waals surface area contributed by atoms with Crippen LogP contribution in [0.2, 0.25) is 0 Å². The van der Waals surface area contributed by atoms with Gasteiger partial charge in [0.15, 0.2) is 0 Å². The van der Waals surface area contributed by atoms with Gasteiger partial charge in [-0.25, -0.2) is 13.2 Å². The van der Waals surface area contributed by atoms with E-state index in [1.165, 1.54) is 12.1 Å². The molecule has 5 nitrogen and oxygen atoms in total. The van der Waals surface area contributed by atoms with Crippen molar-refractivity contribution in [1.82, 2.24) is 9.78 Å². The van der Waals surface area contributed by atoms with Crippen LogP contribution in [0.25, 0.3) is 22.2 Å². The van der Waals surface area contributed by atoms with Crippen LogP contribution in [0, 0.1) is 17.5 Å². The molecule has 0 N–H and O–H groups in total. The normalized spacial score (nSPS) is 11.6. The van der Waals surface area contributed by atoms with Crippen LogP contribution in [0.3, 0.4) is 0 Å². The summed E-state index contributed by atoms with van der Waals surface area (Å²) >= 11 is 0. The van der Waals surface area contributed by atoms with E-state index in [0.29, 0.717) is 30.1 Å². The lowest BCUT2D eigenvalue weighted by atomic mass is 10.0. The second-order valence-electron chi connectivity index (χ2n) is 9.67. The van der Waals surface area contributed by atoms with Gasteiger partial charge in [0.05, 0.1) is 30.8 Å². The third-order valence-electron chi connectivity index (χ3n) is 6.68. The van der Waals surface area contributed by atoms with Gasteiger partial charge < -0.3 is 9.47 Å². The molecular formula is C32H24F6N2O3. The van der Waals surface area contributed by atoms with Gasteiger partial charge >= 0.3 is 12.1 Å². The Hall–Kier alpha value is -4.80. The molecule has 5 rings (SSSR count). The summed E-state index contributed by atoms with van der Waals surface area (Å²) in [5.74, 6) is -3.46. The maximum absolute atomic E-state index is 14.6. The number of halogens is 6. The Morgan fingerprint density at radius 3 is 2.23 bits per heavy atom. The van der Waals surface area contributed by atoms with Crippen LogP contribution in [0.15, 0.2) is 78.9 Å². The van der Waals surface area contributed by atoms with Gasteiger partial charge in [-0.2, -0.15) is 18.3 Å². The minimum Gasteiger partial charge on any atom is -0.489 e. The number of nitrogens with zero attached hydrogens (tertiary/aromatic N) is 2. The molecule has 0 amide bonds. The fourth-order valence-corrected chi connectivity index (χ4v) is 4.70. The maximum Gasteiger partial charge on any atom is 0.418 e. The highest BCUT2D eigenvalue weighted by Crippen LogP contribution is 2.39. The zero-order valence-electron chi connectivity index (χ0n) is 22.7. The third-order valence-corrected chi connectivity index (χ3v) is 6.68. The molecule has 0 aliphatic carbocycles. The second-order valence-corrected chi connectivity index (χ2v) is 9.67. The van der Waals surface area contributed by atoms with E-state index >= 15 is 0 Å². The smallest absolute Gasteiger partial charge is 0.418 e. The highest BCUT2D eigenvalue weighted by molar-refractivity contribution is 5.95. The second kappa shape index (κ2) is 12.2. The minimum absolute atomic E-state index is 0.104.